The fourth-order valence-electron chi connectivity index (χ4n) is 2.25. The minimum Gasteiger partial charge on any atom is -0.292 e. The number of carbonyl (C=O) groups is 1. The van der Waals surface area contributed by atoms with Gasteiger partial charge in [0.15, 0.2) is 5.78 Å². The van der Waals surface area contributed by atoms with E-state index in [-0.39, 0.29) is 5.78 Å². The van der Waals surface area contributed by atoms with Gasteiger partial charge in [0.2, 0.25) is 0 Å². The normalized spacial score (nSPS) is 12.0. The Balaban J connectivity index is 2.06. The Bertz CT molecular complexity index is 863. The van der Waals surface area contributed by atoms with Gasteiger partial charge < -0.3 is 0 Å². The zero-order chi connectivity index (χ0) is 14.8. The van der Waals surface area contributed by atoms with Crippen molar-refractivity contribution >= 4 is 22.9 Å². The molecule has 0 bridgehead atoms. The van der Waals surface area contributed by atoms with Gasteiger partial charge in [-0.25, -0.2) is 4.52 Å². The quantitative estimate of drug-likeness (QED) is 0.695. The number of hydrogen-bond acceptors (Lipinski definition) is 3. The molecule has 0 radical (unpaired) electrons. The van der Waals surface area contributed by atoms with Gasteiger partial charge in [-0.2, -0.15) is 10.4 Å². The lowest BCUT2D eigenvalue weighted by Crippen LogP contribution is -2.11. The van der Waals surface area contributed by atoms with E-state index >= 15 is 0 Å². The molecule has 0 amide bonds. The molecule has 0 aliphatic carbocycles. The largest absolute Gasteiger partial charge is 0.292 e. The van der Waals surface area contributed by atoms with Crippen LogP contribution < -0.4 is 0 Å². The Kier molecular flexibility index (Phi) is 3.43. The number of hydrogen-bond donors (Lipinski definition) is 0. The maximum Gasteiger partial charge on any atom is 0.188 e. The molecule has 0 N–H and O–H groups in total. The van der Waals surface area contributed by atoms with Gasteiger partial charge in [-0.05, 0) is 29.8 Å². The molecular weight excluding hydrogens is 286 g/mol. The van der Waals surface area contributed by atoms with Gasteiger partial charge in [-0.15, -0.1) is 0 Å². The summed E-state index contributed by atoms with van der Waals surface area (Å²) in [4.78, 5) is 12.6. The van der Waals surface area contributed by atoms with Crippen LogP contribution in [0.4, 0.5) is 0 Å². The van der Waals surface area contributed by atoms with Crippen LogP contribution in [-0.2, 0) is 0 Å². The third kappa shape index (κ3) is 2.39. The van der Waals surface area contributed by atoms with Crippen LogP contribution in [0.25, 0.3) is 5.52 Å². The third-order valence-corrected chi connectivity index (χ3v) is 3.50. The molecule has 1 aromatic carbocycles. The first kappa shape index (κ1) is 13.3. The van der Waals surface area contributed by atoms with Gasteiger partial charge in [0.05, 0.1) is 23.3 Å². The van der Waals surface area contributed by atoms with Crippen LogP contribution >= 0.6 is 11.6 Å². The summed E-state index contributed by atoms with van der Waals surface area (Å²) in [5.41, 5.74) is 1.71. The number of ketones is 1. The van der Waals surface area contributed by atoms with E-state index in [1.807, 2.05) is 12.1 Å². The lowest BCUT2D eigenvalue weighted by molar-refractivity contribution is 0.0980. The van der Waals surface area contributed by atoms with Crippen LogP contribution in [-0.4, -0.2) is 15.4 Å². The molecule has 3 aromatic rings. The monoisotopic (exact) mass is 295 g/mol. The number of Topliss-reactive ketones (excluding diaryl/α,β-unsaturated/α-hetero) is 1. The highest BCUT2D eigenvalue weighted by Gasteiger charge is 2.24. The van der Waals surface area contributed by atoms with E-state index in [9.17, 15) is 10.1 Å². The molecule has 0 saturated heterocycles. The molecule has 0 fully saturated rings. The smallest absolute Gasteiger partial charge is 0.188 e. The molecule has 3 rings (SSSR count). The molecular formula is C16H10ClN3O. The number of benzene rings is 1. The SMILES string of the molecule is N#CC(C(=O)c1cnn2ccccc12)c1cccc(Cl)c1. The maximum atomic E-state index is 12.6. The topological polar surface area (TPSA) is 58.2 Å². The first-order chi connectivity index (χ1) is 10.2. The average molecular weight is 296 g/mol. The van der Waals surface area contributed by atoms with E-state index < -0.39 is 5.92 Å². The Hall–Kier alpha value is -2.64. The average Bonchev–Trinajstić information content (AvgIpc) is 2.92. The standard InChI is InChI=1S/C16H10ClN3O/c17-12-5-3-4-11(8-12)13(9-18)16(21)14-10-19-20-7-2-1-6-15(14)20/h1-8,10,13H. The minimum absolute atomic E-state index is 0.277. The lowest BCUT2D eigenvalue weighted by atomic mass is 9.92. The van der Waals surface area contributed by atoms with Crippen molar-refractivity contribution in [2.45, 2.75) is 5.92 Å². The highest BCUT2D eigenvalue weighted by molar-refractivity contribution is 6.30. The number of nitriles is 1. The summed E-state index contributed by atoms with van der Waals surface area (Å²) in [6, 6.07) is 14.3. The minimum atomic E-state index is -0.892. The predicted octanol–water partition coefficient (Wildman–Crippen LogP) is 3.48. The number of aromatic nitrogens is 2. The first-order valence-electron chi connectivity index (χ1n) is 6.32. The number of halogens is 1. The van der Waals surface area contributed by atoms with Gasteiger partial charge in [-0.3, -0.25) is 4.79 Å². The van der Waals surface area contributed by atoms with Crippen molar-refractivity contribution in [2.24, 2.45) is 0 Å². The summed E-state index contributed by atoms with van der Waals surface area (Å²) in [5, 5.41) is 14.0. The van der Waals surface area contributed by atoms with Crippen molar-refractivity contribution in [1.29, 1.82) is 5.26 Å². The fraction of sp³-hybridized carbons (Fsp3) is 0.0625. The molecule has 0 spiro atoms. The molecule has 0 aliphatic heterocycles. The number of nitrogens with zero attached hydrogens (tertiary/aromatic N) is 3. The van der Waals surface area contributed by atoms with Crippen molar-refractivity contribution in [3.05, 3.63) is 71.0 Å². The Labute approximate surface area is 126 Å². The molecule has 1 atom stereocenters. The van der Waals surface area contributed by atoms with Gasteiger partial charge >= 0.3 is 0 Å². The maximum absolute atomic E-state index is 12.6. The Morgan fingerprint density at radius 2 is 2.14 bits per heavy atom. The van der Waals surface area contributed by atoms with Crippen LogP contribution in [0.5, 0.6) is 0 Å². The van der Waals surface area contributed by atoms with Crippen molar-refractivity contribution in [2.75, 3.05) is 0 Å². The summed E-state index contributed by atoms with van der Waals surface area (Å²) in [6.45, 7) is 0. The predicted molar refractivity (Wildman–Crippen MR) is 79.3 cm³/mol. The molecule has 5 heteroatoms. The molecule has 1 unspecified atom stereocenters. The zero-order valence-electron chi connectivity index (χ0n) is 10.9. The molecule has 2 heterocycles. The molecule has 0 saturated carbocycles. The van der Waals surface area contributed by atoms with Gasteiger partial charge in [-0.1, -0.05) is 29.8 Å². The van der Waals surface area contributed by atoms with Crippen LogP contribution in [0.2, 0.25) is 5.02 Å². The summed E-state index contributed by atoms with van der Waals surface area (Å²) in [5.74, 6) is -1.17. The lowest BCUT2D eigenvalue weighted by Gasteiger charge is -2.08. The van der Waals surface area contributed by atoms with E-state index in [2.05, 4.69) is 11.2 Å². The van der Waals surface area contributed by atoms with Crippen LogP contribution in [0.15, 0.2) is 54.9 Å². The highest BCUT2D eigenvalue weighted by Crippen LogP contribution is 2.24. The number of carbonyl (C=O) groups excluding carboxylic acids is 1. The molecule has 0 aliphatic rings. The van der Waals surface area contributed by atoms with Crippen molar-refractivity contribution in [3.8, 4) is 6.07 Å². The van der Waals surface area contributed by atoms with Gasteiger partial charge in [0, 0.05) is 11.2 Å². The van der Waals surface area contributed by atoms with Crippen molar-refractivity contribution < 1.29 is 4.79 Å². The summed E-state index contributed by atoms with van der Waals surface area (Å²) < 4.78 is 1.61. The van der Waals surface area contributed by atoms with Gasteiger partial charge in [0.1, 0.15) is 5.92 Å². The summed E-state index contributed by atoms with van der Waals surface area (Å²) in [6.07, 6.45) is 3.25. The number of fused-ring (bicyclic) bond motifs is 1. The fourth-order valence-corrected chi connectivity index (χ4v) is 2.45. The van der Waals surface area contributed by atoms with E-state index in [1.54, 1.807) is 41.0 Å². The number of pyridine rings is 1. The van der Waals surface area contributed by atoms with Crippen LogP contribution in [0, 0.1) is 11.3 Å². The molecule has 102 valence electrons. The highest BCUT2D eigenvalue weighted by atomic mass is 35.5. The van der Waals surface area contributed by atoms with Crippen LogP contribution in [0.3, 0.4) is 0 Å². The van der Waals surface area contributed by atoms with Crippen LogP contribution in [0.1, 0.15) is 21.8 Å². The number of rotatable bonds is 3. The molecule has 21 heavy (non-hydrogen) atoms. The zero-order valence-corrected chi connectivity index (χ0v) is 11.7. The van der Waals surface area contributed by atoms with Crippen molar-refractivity contribution in [3.63, 3.8) is 0 Å². The molecule has 2 aromatic heterocycles. The first-order valence-corrected chi connectivity index (χ1v) is 6.70. The second kappa shape index (κ2) is 5.39. The van der Waals surface area contributed by atoms with E-state index in [1.165, 1.54) is 6.20 Å². The second-order valence-corrected chi connectivity index (χ2v) is 5.01. The van der Waals surface area contributed by atoms with E-state index in [0.29, 0.717) is 21.7 Å². The third-order valence-electron chi connectivity index (χ3n) is 3.27. The Morgan fingerprint density at radius 1 is 1.29 bits per heavy atom. The second-order valence-electron chi connectivity index (χ2n) is 4.57. The van der Waals surface area contributed by atoms with Crippen molar-refractivity contribution in [1.82, 2.24) is 9.61 Å². The summed E-state index contributed by atoms with van der Waals surface area (Å²) in [7, 11) is 0. The van der Waals surface area contributed by atoms with Gasteiger partial charge in [0.25, 0.3) is 0 Å². The Morgan fingerprint density at radius 3 is 2.90 bits per heavy atom. The van der Waals surface area contributed by atoms with E-state index in [4.69, 9.17) is 11.6 Å². The summed E-state index contributed by atoms with van der Waals surface area (Å²) >= 11 is 5.93. The molecule has 4 nitrogen and oxygen atoms in total. The van der Waals surface area contributed by atoms with E-state index in [0.717, 1.165) is 0 Å².